The predicted octanol–water partition coefficient (Wildman–Crippen LogP) is 3.43. The fourth-order valence-corrected chi connectivity index (χ4v) is 1.83. The van der Waals surface area contributed by atoms with Gasteiger partial charge in [0.25, 0.3) is 0 Å². The number of anilines is 1. The molecular formula is C12H13Cl2NO3. The maximum absolute atomic E-state index is 11.8. The third-order valence-electron chi connectivity index (χ3n) is 2.45. The number of carbonyl (C=O) groups excluding carboxylic acids is 1. The fourth-order valence-electron chi connectivity index (χ4n) is 1.33. The normalized spacial score (nSPS) is 11.9. The van der Waals surface area contributed by atoms with Crippen molar-refractivity contribution in [2.45, 2.75) is 19.8 Å². The molecule has 0 saturated heterocycles. The summed E-state index contributed by atoms with van der Waals surface area (Å²) in [5.74, 6) is -1.65. The Morgan fingerprint density at radius 2 is 1.89 bits per heavy atom. The van der Waals surface area contributed by atoms with Crippen LogP contribution in [0.15, 0.2) is 18.2 Å². The molecule has 0 aliphatic rings. The molecular weight excluding hydrogens is 277 g/mol. The van der Waals surface area contributed by atoms with Gasteiger partial charge in [0, 0.05) is 12.3 Å². The molecule has 1 aromatic rings. The number of hydrogen-bond donors (Lipinski definition) is 2. The van der Waals surface area contributed by atoms with Crippen LogP contribution in [0.25, 0.3) is 0 Å². The molecule has 0 saturated carbocycles. The van der Waals surface area contributed by atoms with E-state index < -0.39 is 11.9 Å². The van der Waals surface area contributed by atoms with E-state index in [1.54, 1.807) is 25.1 Å². The molecule has 1 rings (SSSR count). The second-order valence-corrected chi connectivity index (χ2v) is 4.73. The van der Waals surface area contributed by atoms with Gasteiger partial charge < -0.3 is 10.4 Å². The zero-order chi connectivity index (χ0) is 13.7. The Kier molecular flexibility index (Phi) is 5.44. The molecule has 6 heteroatoms. The van der Waals surface area contributed by atoms with E-state index >= 15 is 0 Å². The third-order valence-corrected chi connectivity index (χ3v) is 3.08. The monoisotopic (exact) mass is 289 g/mol. The molecule has 98 valence electrons. The van der Waals surface area contributed by atoms with E-state index in [2.05, 4.69) is 5.32 Å². The zero-order valence-corrected chi connectivity index (χ0v) is 11.3. The molecule has 0 aromatic heterocycles. The lowest BCUT2D eigenvalue weighted by molar-refractivity contribution is -0.137. The Hall–Kier alpha value is -1.26. The number of amides is 1. The molecule has 0 radical (unpaired) electrons. The van der Waals surface area contributed by atoms with Crippen molar-refractivity contribution in [2.75, 3.05) is 5.32 Å². The summed E-state index contributed by atoms with van der Waals surface area (Å²) >= 11 is 11.8. The summed E-state index contributed by atoms with van der Waals surface area (Å²) in [6.07, 6.45) is 0.216. The van der Waals surface area contributed by atoms with Gasteiger partial charge >= 0.3 is 5.97 Å². The van der Waals surface area contributed by atoms with Gasteiger partial charge in [0.1, 0.15) is 0 Å². The van der Waals surface area contributed by atoms with Crippen LogP contribution in [0.4, 0.5) is 5.69 Å². The molecule has 0 unspecified atom stereocenters. The van der Waals surface area contributed by atoms with Crippen molar-refractivity contribution in [2.24, 2.45) is 5.92 Å². The number of aliphatic carboxylic acids is 1. The first kappa shape index (κ1) is 14.8. The van der Waals surface area contributed by atoms with E-state index in [0.29, 0.717) is 15.7 Å². The minimum absolute atomic E-state index is 0.0508. The van der Waals surface area contributed by atoms with Gasteiger partial charge in [-0.2, -0.15) is 0 Å². The highest BCUT2D eigenvalue weighted by atomic mass is 35.5. The van der Waals surface area contributed by atoms with Crippen molar-refractivity contribution in [1.82, 2.24) is 0 Å². The number of carbonyl (C=O) groups is 2. The van der Waals surface area contributed by atoms with Crippen LogP contribution < -0.4 is 5.32 Å². The summed E-state index contributed by atoms with van der Waals surface area (Å²) in [5, 5.41) is 11.9. The number of carboxylic acids is 1. The Morgan fingerprint density at radius 1 is 1.33 bits per heavy atom. The SMILES string of the molecule is C[C@@H](CCC(=O)O)C(=O)Nc1c(Cl)cccc1Cl. The molecule has 0 aliphatic carbocycles. The Balaban J connectivity index is 2.67. The van der Waals surface area contributed by atoms with Gasteiger partial charge in [-0.3, -0.25) is 9.59 Å². The number of nitrogens with one attached hydrogen (secondary N) is 1. The minimum Gasteiger partial charge on any atom is -0.481 e. The van der Waals surface area contributed by atoms with E-state index in [4.69, 9.17) is 28.3 Å². The second kappa shape index (κ2) is 6.61. The molecule has 1 amide bonds. The first-order valence-electron chi connectivity index (χ1n) is 5.38. The maximum atomic E-state index is 11.8. The summed E-state index contributed by atoms with van der Waals surface area (Å²) in [6.45, 7) is 1.66. The van der Waals surface area contributed by atoms with Crippen molar-refractivity contribution >= 4 is 40.8 Å². The minimum atomic E-state index is -0.926. The van der Waals surface area contributed by atoms with E-state index in [-0.39, 0.29) is 18.7 Å². The van der Waals surface area contributed by atoms with Crippen LogP contribution in [0.1, 0.15) is 19.8 Å². The molecule has 4 nitrogen and oxygen atoms in total. The lowest BCUT2D eigenvalue weighted by atomic mass is 10.0. The number of carboxylic acid groups (broad SMARTS) is 1. The van der Waals surface area contributed by atoms with Crippen molar-refractivity contribution in [1.29, 1.82) is 0 Å². The van der Waals surface area contributed by atoms with Crippen molar-refractivity contribution in [3.63, 3.8) is 0 Å². The second-order valence-electron chi connectivity index (χ2n) is 3.92. The third kappa shape index (κ3) is 4.20. The molecule has 1 aromatic carbocycles. The fraction of sp³-hybridized carbons (Fsp3) is 0.333. The van der Waals surface area contributed by atoms with Gasteiger partial charge in [0.2, 0.25) is 5.91 Å². The molecule has 18 heavy (non-hydrogen) atoms. The van der Waals surface area contributed by atoms with Crippen molar-refractivity contribution in [3.8, 4) is 0 Å². The first-order chi connectivity index (χ1) is 8.41. The zero-order valence-electron chi connectivity index (χ0n) is 9.74. The summed E-state index contributed by atoms with van der Waals surface area (Å²) < 4.78 is 0. The average molecular weight is 290 g/mol. The lowest BCUT2D eigenvalue weighted by Gasteiger charge is -2.13. The maximum Gasteiger partial charge on any atom is 0.303 e. The summed E-state index contributed by atoms with van der Waals surface area (Å²) in [7, 11) is 0. The van der Waals surface area contributed by atoms with Gasteiger partial charge in [-0.25, -0.2) is 0 Å². The van der Waals surface area contributed by atoms with E-state index in [1.165, 1.54) is 0 Å². The first-order valence-corrected chi connectivity index (χ1v) is 6.14. The number of benzene rings is 1. The number of rotatable bonds is 5. The van der Waals surface area contributed by atoms with Crippen LogP contribution in [0.2, 0.25) is 10.0 Å². The van der Waals surface area contributed by atoms with E-state index in [1.807, 2.05) is 0 Å². The molecule has 0 fully saturated rings. The van der Waals surface area contributed by atoms with Crippen LogP contribution in [-0.2, 0) is 9.59 Å². The van der Waals surface area contributed by atoms with Crippen molar-refractivity contribution in [3.05, 3.63) is 28.2 Å². The molecule has 0 bridgehead atoms. The predicted molar refractivity (Wildman–Crippen MR) is 71.1 cm³/mol. The van der Waals surface area contributed by atoms with Gasteiger partial charge in [0.05, 0.1) is 15.7 Å². The highest BCUT2D eigenvalue weighted by molar-refractivity contribution is 6.39. The number of para-hydroxylation sites is 1. The lowest BCUT2D eigenvalue weighted by Crippen LogP contribution is -2.21. The Labute approximate surface area is 115 Å². The largest absolute Gasteiger partial charge is 0.481 e. The molecule has 2 N–H and O–H groups in total. The van der Waals surface area contributed by atoms with Crippen molar-refractivity contribution < 1.29 is 14.7 Å². The van der Waals surface area contributed by atoms with Crippen LogP contribution >= 0.6 is 23.2 Å². The summed E-state index contributed by atoms with van der Waals surface area (Å²) in [4.78, 5) is 22.2. The van der Waals surface area contributed by atoms with Crippen LogP contribution in [0, 0.1) is 5.92 Å². The van der Waals surface area contributed by atoms with E-state index in [0.717, 1.165) is 0 Å². The van der Waals surface area contributed by atoms with Gasteiger partial charge in [-0.05, 0) is 18.6 Å². The number of hydrogen-bond acceptors (Lipinski definition) is 2. The molecule has 0 aliphatic heterocycles. The van der Waals surface area contributed by atoms with Crippen LogP contribution in [0.3, 0.4) is 0 Å². The van der Waals surface area contributed by atoms with E-state index in [9.17, 15) is 9.59 Å². The number of halogens is 2. The van der Waals surface area contributed by atoms with Gasteiger partial charge in [0.15, 0.2) is 0 Å². The summed E-state index contributed by atoms with van der Waals surface area (Å²) in [6, 6.07) is 4.91. The van der Waals surface area contributed by atoms with Crippen LogP contribution in [0.5, 0.6) is 0 Å². The summed E-state index contributed by atoms with van der Waals surface area (Å²) in [5.41, 5.74) is 0.355. The van der Waals surface area contributed by atoms with Crippen LogP contribution in [-0.4, -0.2) is 17.0 Å². The topological polar surface area (TPSA) is 66.4 Å². The quantitative estimate of drug-likeness (QED) is 0.873. The Bertz CT molecular complexity index is 442. The molecule has 0 spiro atoms. The highest BCUT2D eigenvalue weighted by Crippen LogP contribution is 2.30. The Morgan fingerprint density at radius 3 is 2.39 bits per heavy atom. The molecule has 0 heterocycles. The van der Waals surface area contributed by atoms with Gasteiger partial charge in [-0.15, -0.1) is 0 Å². The molecule has 1 atom stereocenters. The average Bonchev–Trinajstić information content (AvgIpc) is 2.30. The smallest absolute Gasteiger partial charge is 0.303 e. The van der Waals surface area contributed by atoms with Gasteiger partial charge in [-0.1, -0.05) is 36.2 Å². The highest BCUT2D eigenvalue weighted by Gasteiger charge is 2.16. The standard InChI is InChI=1S/C12H13Cl2NO3/c1-7(5-6-10(16)17)12(18)15-11-8(13)3-2-4-9(11)14/h2-4,7H,5-6H2,1H3,(H,15,18)(H,16,17)/t7-/m0/s1.